The Morgan fingerprint density at radius 2 is 2.20 bits per heavy atom. The number of hydrogen-bond acceptors (Lipinski definition) is 5. The number of anilines is 1. The van der Waals surface area contributed by atoms with Gasteiger partial charge in [-0.3, -0.25) is 9.59 Å². The third kappa shape index (κ3) is 4.10. The minimum absolute atomic E-state index is 0.0706. The van der Waals surface area contributed by atoms with Crippen LogP contribution in [0.1, 0.15) is 35.7 Å². The molecule has 1 aliphatic rings. The minimum atomic E-state index is -0.310. The van der Waals surface area contributed by atoms with E-state index in [1.807, 2.05) is 39.0 Å². The Morgan fingerprint density at radius 3 is 2.96 bits per heavy atom. The second kappa shape index (κ2) is 7.66. The fourth-order valence-electron chi connectivity index (χ4n) is 2.64. The van der Waals surface area contributed by atoms with Crippen molar-refractivity contribution in [3.05, 3.63) is 50.9 Å². The van der Waals surface area contributed by atoms with Gasteiger partial charge in [0.15, 0.2) is 5.16 Å². The summed E-state index contributed by atoms with van der Waals surface area (Å²) in [6, 6.07) is 5.99. The topological polar surface area (TPSA) is 74.8 Å². The zero-order valence-corrected chi connectivity index (χ0v) is 16.1. The van der Waals surface area contributed by atoms with Gasteiger partial charge in [0.25, 0.3) is 5.56 Å². The number of carbonyl (C=O) groups excluding carboxylic acids is 1. The van der Waals surface area contributed by atoms with Crippen molar-refractivity contribution < 1.29 is 4.79 Å². The summed E-state index contributed by atoms with van der Waals surface area (Å²) >= 11 is 3.01. The van der Waals surface area contributed by atoms with Gasteiger partial charge in [0, 0.05) is 22.8 Å². The predicted molar refractivity (Wildman–Crippen MR) is 104 cm³/mol. The highest BCUT2D eigenvalue weighted by Crippen LogP contribution is 2.29. The van der Waals surface area contributed by atoms with Crippen molar-refractivity contribution in [2.24, 2.45) is 0 Å². The Bertz CT molecular complexity index is 864. The Morgan fingerprint density at radius 1 is 1.40 bits per heavy atom. The van der Waals surface area contributed by atoms with Crippen molar-refractivity contribution in [1.29, 1.82) is 0 Å². The van der Waals surface area contributed by atoms with E-state index < -0.39 is 0 Å². The molecule has 3 rings (SSSR count). The molecule has 1 aromatic heterocycles. The van der Waals surface area contributed by atoms with E-state index >= 15 is 0 Å². The Labute approximate surface area is 155 Å². The molecule has 1 atom stereocenters. The molecule has 0 radical (unpaired) electrons. The van der Waals surface area contributed by atoms with Crippen LogP contribution in [0.2, 0.25) is 0 Å². The van der Waals surface area contributed by atoms with Crippen LogP contribution >= 0.6 is 23.5 Å². The Hall–Kier alpha value is -1.73. The number of nitrogens with one attached hydrogen (secondary N) is 2. The van der Waals surface area contributed by atoms with E-state index in [0.717, 1.165) is 33.8 Å². The van der Waals surface area contributed by atoms with E-state index in [0.29, 0.717) is 17.3 Å². The molecule has 0 bridgehead atoms. The maximum Gasteiger partial charge on any atom is 0.255 e. The highest BCUT2D eigenvalue weighted by Gasteiger charge is 2.23. The number of aromatic nitrogens is 2. The molecule has 0 saturated heterocycles. The van der Waals surface area contributed by atoms with Gasteiger partial charge < -0.3 is 10.3 Å². The van der Waals surface area contributed by atoms with Crippen LogP contribution in [-0.4, -0.2) is 21.1 Å². The number of aryl methyl sites for hydroxylation is 2. The summed E-state index contributed by atoms with van der Waals surface area (Å²) in [5.74, 6) is 1.41. The van der Waals surface area contributed by atoms with E-state index in [4.69, 9.17) is 0 Å². The van der Waals surface area contributed by atoms with Crippen molar-refractivity contribution in [3.8, 4) is 0 Å². The van der Waals surface area contributed by atoms with Gasteiger partial charge in [-0.2, -0.15) is 11.8 Å². The monoisotopic (exact) mass is 375 g/mol. The van der Waals surface area contributed by atoms with Crippen molar-refractivity contribution >= 4 is 35.1 Å². The summed E-state index contributed by atoms with van der Waals surface area (Å²) in [7, 11) is 0. The molecular weight excluding hydrogens is 354 g/mol. The number of carbonyl (C=O) groups is 1. The molecule has 0 fully saturated rings. The lowest BCUT2D eigenvalue weighted by atomic mass is 10.1. The molecule has 2 aromatic rings. The zero-order chi connectivity index (χ0) is 18.0. The van der Waals surface area contributed by atoms with Crippen molar-refractivity contribution in [2.45, 2.75) is 49.1 Å². The predicted octanol–water partition coefficient (Wildman–Crippen LogP) is 3.64. The molecule has 1 amide bonds. The number of thioether (sulfide) groups is 2. The van der Waals surface area contributed by atoms with Gasteiger partial charge in [0.05, 0.1) is 10.9 Å². The van der Waals surface area contributed by atoms with Gasteiger partial charge in [-0.15, -0.1) is 0 Å². The van der Waals surface area contributed by atoms with Gasteiger partial charge in [0.1, 0.15) is 0 Å². The fraction of sp³-hybridized carbons (Fsp3) is 0.389. The molecule has 25 heavy (non-hydrogen) atoms. The largest absolute Gasteiger partial charge is 0.325 e. The van der Waals surface area contributed by atoms with Crippen LogP contribution in [0, 0.1) is 13.8 Å². The van der Waals surface area contributed by atoms with Gasteiger partial charge in [-0.1, -0.05) is 30.8 Å². The Balaban J connectivity index is 1.76. The lowest BCUT2D eigenvalue weighted by molar-refractivity contribution is -0.115. The number of benzene rings is 1. The third-order valence-electron chi connectivity index (χ3n) is 4.13. The third-order valence-corrected chi connectivity index (χ3v) is 6.35. The van der Waals surface area contributed by atoms with E-state index in [2.05, 4.69) is 15.3 Å². The maximum atomic E-state index is 12.7. The smallest absolute Gasteiger partial charge is 0.255 e. The number of nitrogens with zero attached hydrogens (tertiary/aromatic N) is 1. The van der Waals surface area contributed by atoms with Gasteiger partial charge in [-0.25, -0.2) is 4.98 Å². The summed E-state index contributed by atoms with van der Waals surface area (Å²) in [5, 5.41) is 3.22. The van der Waals surface area contributed by atoms with Gasteiger partial charge in [0.2, 0.25) is 5.91 Å². The first-order chi connectivity index (χ1) is 12.0. The highest BCUT2D eigenvalue weighted by atomic mass is 32.2. The second-order valence-corrected chi connectivity index (χ2v) is 8.29. The van der Waals surface area contributed by atoms with Crippen LogP contribution in [0.15, 0.2) is 28.2 Å². The molecular formula is C18H21N3O2S2. The number of rotatable bonds is 5. The number of amides is 1. The van der Waals surface area contributed by atoms with Crippen LogP contribution < -0.4 is 10.9 Å². The van der Waals surface area contributed by atoms with E-state index in [1.54, 1.807) is 11.8 Å². The van der Waals surface area contributed by atoms with Crippen molar-refractivity contribution in [3.63, 3.8) is 0 Å². The summed E-state index contributed by atoms with van der Waals surface area (Å²) in [4.78, 5) is 32.1. The molecule has 0 aliphatic carbocycles. The van der Waals surface area contributed by atoms with Gasteiger partial charge in [-0.05, 0) is 37.5 Å². The van der Waals surface area contributed by atoms with Crippen LogP contribution in [0.4, 0.5) is 5.69 Å². The molecule has 1 aliphatic heterocycles. The SMILES string of the molecule is CCC(Sc1nc2c(c(=O)[nH]1)CSC2)C(=O)Nc1cc(C)ccc1C. The minimum Gasteiger partial charge on any atom is -0.325 e. The fourth-order valence-corrected chi connectivity index (χ4v) is 4.59. The van der Waals surface area contributed by atoms with E-state index in [-0.39, 0.29) is 16.7 Å². The van der Waals surface area contributed by atoms with Gasteiger partial charge >= 0.3 is 0 Å². The summed E-state index contributed by atoms with van der Waals surface area (Å²) in [6.07, 6.45) is 0.650. The summed E-state index contributed by atoms with van der Waals surface area (Å²) in [5.41, 5.74) is 4.49. The summed E-state index contributed by atoms with van der Waals surface area (Å²) < 4.78 is 0. The Kier molecular flexibility index (Phi) is 5.54. The molecule has 7 heteroatoms. The van der Waals surface area contributed by atoms with Crippen LogP contribution in [-0.2, 0) is 16.3 Å². The van der Waals surface area contributed by atoms with E-state index in [1.165, 1.54) is 11.8 Å². The van der Waals surface area contributed by atoms with Crippen molar-refractivity contribution in [1.82, 2.24) is 9.97 Å². The van der Waals surface area contributed by atoms with Crippen LogP contribution in [0.5, 0.6) is 0 Å². The molecule has 0 spiro atoms. The molecule has 132 valence electrons. The highest BCUT2D eigenvalue weighted by molar-refractivity contribution is 8.00. The zero-order valence-electron chi connectivity index (χ0n) is 14.5. The lowest BCUT2D eigenvalue weighted by Crippen LogP contribution is -2.26. The average molecular weight is 376 g/mol. The standard InChI is InChI=1S/C18H21N3O2S2/c1-4-15(17(23)19-13-7-10(2)5-6-11(13)3)25-18-20-14-9-24-8-12(14)16(22)21-18/h5-7,15H,4,8-9H2,1-3H3,(H,19,23)(H,20,21,22). The molecule has 1 aromatic carbocycles. The lowest BCUT2D eigenvalue weighted by Gasteiger charge is -2.16. The average Bonchev–Trinajstić information content (AvgIpc) is 3.05. The molecule has 2 heterocycles. The quantitative estimate of drug-likeness (QED) is 0.616. The second-order valence-electron chi connectivity index (χ2n) is 6.11. The van der Waals surface area contributed by atoms with E-state index in [9.17, 15) is 9.59 Å². The van der Waals surface area contributed by atoms with Crippen molar-refractivity contribution in [2.75, 3.05) is 5.32 Å². The number of hydrogen-bond donors (Lipinski definition) is 2. The normalized spacial score (nSPS) is 14.2. The first-order valence-electron chi connectivity index (χ1n) is 8.22. The molecule has 0 saturated carbocycles. The molecule has 2 N–H and O–H groups in total. The number of aromatic amines is 1. The van der Waals surface area contributed by atoms with Crippen LogP contribution in [0.3, 0.4) is 0 Å². The maximum absolute atomic E-state index is 12.7. The first-order valence-corrected chi connectivity index (χ1v) is 10.3. The number of H-pyrrole nitrogens is 1. The van der Waals surface area contributed by atoms with Crippen LogP contribution in [0.25, 0.3) is 0 Å². The molecule has 1 unspecified atom stereocenters. The number of fused-ring (bicyclic) bond motifs is 1. The summed E-state index contributed by atoms with van der Waals surface area (Å²) in [6.45, 7) is 5.93. The first kappa shape index (κ1) is 18.1. The molecule has 5 nitrogen and oxygen atoms in total.